The average Bonchev–Trinajstić information content (AvgIpc) is 2.33. The number of carbonyl (C=O) groups is 1. The highest BCUT2D eigenvalue weighted by molar-refractivity contribution is 5.73. The van der Waals surface area contributed by atoms with Crippen LogP contribution in [0.3, 0.4) is 0 Å². The minimum absolute atomic E-state index is 0.0957. The van der Waals surface area contributed by atoms with Crippen LogP contribution in [0.4, 0.5) is 0 Å². The van der Waals surface area contributed by atoms with Gasteiger partial charge in [-0.2, -0.15) is 0 Å². The van der Waals surface area contributed by atoms with Gasteiger partial charge in [0.25, 0.3) is 0 Å². The van der Waals surface area contributed by atoms with Gasteiger partial charge in [-0.1, -0.05) is 13.8 Å². The molecule has 6 atom stereocenters. The molecule has 0 saturated carbocycles. The quantitative estimate of drug-likeness (QED) is 0.744. The van der Waals surface area contributed by atoms with Crippen molar-refractivity contribution in [2.45, 2.75) is 39.0 Å². The van der Waals surface area contributed by atoms with E-state index in [0.717, 1.165) is 0 Å². The zero-order chi connectivity index (χ0) is 14.6. The van der Waals surface area contributed by atoms with E-state index in [1.165, 1.54) is 6.92 Å². The molecule has 1 rings (SSSR count). The molecule has 1 saturated heterocycles. The van der Waals surface area contributed by atoms with Gasteiger partial charge in [0, 0.05) is 14.0 Å². The predicted octanol–water partition coefficient (Wildman–Crippen LogP) is 0.169. The van der Waals surface area contributed by atoms with Crippen molar-refractivity contribution in [3.8, 4) is 0 Å². The molecule has 0 spiro atoms. The summed E-state index contributed by atoms with van der Waals surface area (Å²) in [6.07, 6.45) is -0.769. The number of nitrogens with one attached hydrogen (secondary N) is 1. The van der Waals surface area contributed by atoms with Crippen molar-refractivity contribution >= 4 is 5.91 Å². The Labute approximate surface area is 105 Å². The smallest absolute Gasteiger partial charge is 0.217 e. The molecule has 0 aromatic heterocycles. The highest BCUT2D eigenvalue weighted by Crippen LogP contribution is 2.30. The molecule has 17 heavy (non-hydrogen) atoms. The molecule has 2 N–H and O–H groups in total. The molecule has 5 nitrogen and oxygen atoms in total. The molecule has 1 unspecified atom stereocenters. The van der Waals surface area contributed by atoms with Crippen LogP contribution in [0.25, 0.3) is 0 Å². The van der Waals surface area contributed by atoms with Gasteiger partial charge in [0.15, 0.2) is 0 Å². The summed E-state index contributed by atoms with van der Waals surface area (Å²) in [5.41, 5.74) is 0. The summed E-state index contributed by atoms with van der Waals surface area (Å²) in [5, 5.41) is 12.2. The molecule has 1 aliphatic rings. The standard InChI is InChI=1S/C12H23NO4/c1-7-8(2)12(13-9(3)15)10(5-14)17-11(7)6-16-4/h7-8,10-12,14H,5-6H2,1-4H3,(H,13,15)/t7-,8+,10-,11+,12+/m0/s1/i4TD/t4?,7-,8+,10-,11+,12+. The van der Waals surface area contributed by atoms with Crippen LogP contribution in [-0.4, -0.2) is 49.5 Å². The Morgan fingerprint density at radius 2 is 2.29 bits per heavy atom. The molecular weight excluding hydrogens is 222 g/mol. The topological polar surface area (TPSA) is 67.8 Å². The zero-order valence-electron chi connectivity index (χ0n) is 12.6. The van der Waals surface area contributed by atoms with E-state index in [-0.39, 0.29) is 43.1 Å². The monoisotopic (exact) mass is 248 g/mol. The fraction of sp³-hybridized carbons (Fsp3) is 0.917. The lowest BCUT2D eigenvalue weighted by molar-refractivity contribution is -0.157. The van der Waals surface area contributed by atoms with E-state index in [0.29, 0.717) is 0 Å². The van der Waals surface area contributed by atoms with Crippen LogP contribution in [0, 0.1) is 11.8 Å². The van der Waals surface area contributed by atoms with E-state index < -0.39 is 13.2 Å². The van der Waals surface area contributed by atoms with Crippen molar-refractivity contribution in [1.29, 1.82) is 0 Å². The predicted molar refractivity (Wildman–Crippen MR) is 63.6 cm³/mol. The second-order valence-electron chi connectivity index (χ2n) is 4.67. The Kier molecular flexibility index (Phi) is 4.26. The number of hydrogen-bond acceptors (Lipinski definition) is 4. The Morgan fingerprint density at radius 1 is 1.59 bits per heavy atom. The highest BCUT2D eigenvalue weighted by Gasteiger charge is 2.41. The third-order valence-electron chi connectivity index (χ3n) is 3.54. The Hall–Kier alpha value is -0.650. The van der Waals surface area contributed by atoms with Crippen molar-refractivity contribution in [1.82, 2.24) is 5.32 Å². The van der Waals surface area contributed by atoms with Gasteiger partial charge >= 0.3 is 0 Å². The fourth-order valence-electron chi connectivity index (χ4n) is 2.34. The second-order valence-corrected chi connectivity index (χ2v) is 4.67. The van der Waals surface area contributed by atoms with Gasteiger partial charge < -0.3 is 19.9 Å². The van der Waals surface area contributed by atoms with Gasteiger partial charge in [-0.3, -0.25) is 4.79 Å². The Bertz CT molecular complexity index is 301. The molecule has 1 aliphatic heterocycles. The summed E-state index contributed by atoms with van der Waals surface area (Å²) < 4.78 is 24.7. The van der Waals surface area contributed by atoms with Crippen molar-refractivity contribution < 1.29 is 22.1 Å². The van der Waals surface area contributed by atoms with E-state index in [1.54, 1.807) is 0 Å². The van der Waals surface area contributed by atoms with Crippen molar-refractivity contribution in [3.63, 3.8) is 0 Å². The van der Waals surface area contributed by atoms with Gasteiger partial charge in [0.1, 0.15) is 6.10 Å². The van der Waals surface area contributed by atoms with E-state index in [2.05, 4.69) is 5.32 Å². The molecule has 0 bridgehead atoms. The van der Waals surface area contributed by atoms with E-state index >= 15 is 0 Å². The van der Waals surface area contributed by atoms with Gasteiger partial charge in [0.05, 0.1) is 28.1 Å². The largest absolute Gasteiger partial charge is 0.394 e. The van der Waals surface area contributed by atoms with Crippen LogP contribution in [0.5, 0.6) is 0 Å². The van der Waals surface area contributed by atoms with Gasteiger partial charge in [-0.25, -0.2) is 0 Å². The number of amides is 1. The van der Waals surface area contributed by atoms with Crippen LogP contribution in [0.2, 0.25) is 0 Å². The summed E-state index contributed by atoms with van der Waals surface area (Å²) in [4.78, 5) is 11.2. The minimum atomic E-state index is -1.34. The average molecular weight is 248 g/mol. The molecule has 1 amide bonds. The maximum atomic E-state index is 11.2. The van der Waals surface area contributed by atoms with Crippen LogP contribution in [-0.2, 0) is 14.3 Å². The summed E-state index contributed by atoms with van der Waals surface area (Å²) in [5.74, 6) is 0.0508. The first kappa shape index (κ1) is 11.4. The summed E-state index contributed by atoms with van der Waals surface area (Å²) in [6, 6.07) is -0.239. The molecule has 5 heteroatoms. The van der Waals surface area contributed by atoms with Crippen LogP contribution in [0.1, 0.15) is 23.5 Å². The van der Waals surface area contributed by atoms with Gasteiger partial charge in [-0.15, -0.1) is 0 Å². The Morgan fingerprint density at radius 3 is 2.82 bits per heavy atom. The summed E-state index contributed by atoms with van der Waals surface area (Å²) >= 11 is 0. The Balaban J connectivity index is 2.70. The number of aliphatic hydroxyl groups excluding tert-OH is 1. The maximum absolute atomic E-state index is 11.2. The first-order chi connectivity index (χ1) is 8.86. The fourth-order valence-corrected chi connectivity index (χ4v) is 2.34. The lowest BCUT2D eigenvalue weighted by Gasteiger charge is -2.44. The number of rotatable bonds is 4. The van der Waals surface area contributed by atoms with Crippen molar-refractivity contribution in [2.75, 3.05) is 20.3 Å². The van der Waals surface area contributed by atoms with Crippen molar-refractivity contribution in [2.24, 2.45) is 11.8 Å². The number of methoxy groups -OCH3 is 1. The first-order valence-electron chi connectivity index (χ1n) is 7.01. The zero-order valence-corrected chi connectivity index (χ0v) is 10.6. The van der Waals surface area contributed by atoms with E-state index in [1.807, 2.05) is 13.8 Å². The normalized spacial score (nSPS) is 41.3. The second kappa shape index (κ2) is 6.33. The lowest BCUT2D eigenvalue weighted by Crippen LogP contribution is -2.58. The summed E-state index contributed by atoms with van der Waals surface area (Å²) in [7, 11) is -1.34. The van der Waals surface area contributed by atoms with Crippen LogP contribution < -0.4 is 5.32 Å². The highest BCUT2D eigenvalue weighted by atomic mass is 16.5. The van der Waals surface area contributed by atoms with Gasteiger partial charge in [-0.05, 0) is 11.8 Å². The minimum Gasteiger partial charge on any atom is -0.394 e. The van der Waals surface area contributed by atoms with E-state index in [9.17, 15) is 9.90 Å². The SMILES string of the molecule is [2H]C([3H])OC[C@H]1O[C@@H](CO)[C@H](NC(C)=O)[C@H](C)[C@@H]1C. The number of ether oxygens (including phenoxy) is 2. The maximum Gasteiger partial charge on any atom is 0.217 e. The lowest BCUT2D eigenvalue weighted by atomic mass is 9.80. The summed E-state index contributed by atoms with van der Waals surface area (Å²) in [6.45, 7) is 5.36. The molecule has 0 aliphatic carbocycles. The molecule has 1 fully saturated rings. The molecule has 0 radical (unpaired) electrons. The molecule has 0 aromatic carbocycles. The molecule has 0 aromatic rings. The number of aliphatic hydroxyl groups is 1. The van der Waals surface area contributed by atoms with Crippen molar-refractivity contribution in [3.05, 3.63) is 0 Å². The number of hydrogen-bond donors (Lipinski definition) is 2. The third-order valence-corrected chi connectivity index (χ3v) is 3.54. The van der Waals surface area contributed by atoms with Crippen LogP contribution >= 0.6 is 0 Å². The first-order valence-corrected chi connectivity index (χ1v) is 5.86. The van der Waals surface area contributed by atoms with Crippen LogP contribution in [0.15, 0.2) is 0 Å². The van der Waals surface area contributed by atoms with E-state index in [4.69, 9.17) is 12.2 Å². The molecule has 1 heterocycles. The van der Waals surface area contributed by atoms with Gasteiger partial charge in [0.2, 0.25) is 5.91 Å². The molecular formula is C12H23NO4. The third kappa shape index (κ3) is 3.40. The molecule has 100 valence electrons. The number of carbonyl (C=O) groups excluding carboxylic acids is 1.